The maximum absolute atomic E-state index is 13.4. The molecule has 2 atom stereocenters. The Labute approximate surface area is 187 Å². The number of amides is 3. The van der Waals surface area contributed by atoms with Gasteiger partial charge in [0, 0.05) is 11.6 Å². The quantitative estimate of drug-likeness (QED) is 0.219. The van der Waals surface area contributed by atoms with Gasteiger partial charge in [0.15, 0.2) is 5.78 Å². The van der Waals surface area contributed by atoms with Crippen molar-refractivity contribution >= 4 is 29.2 Å². The first-order chi connectivity index (χ1) is 15.8. The van der Waals surface area contributed by atoms with Crippen LogP contribution in [0.4, 0.5) is 10.1 Å². The first kappa shape index (κ1) is 22.0. The van der Waals surface area contributed by atoms with Crippen molar-refractivity contribution in [2.24, 2.45) is 11.8 Å². The molecular formula is C23H18FN3O6. The van der Waals surface area contributed by atoms with E-state index in [0.29, 0.717) is 22.9 Å². The molecule has 1 aliphatic carbocycles. The number of nitrogens with zero attached hydrogens (tertiary/aromatic N) is 3. The van der Waals surface area contributed by atoms with Gasteiger partial charge in [-0.2, -0.15) is 5.01 Å². The van der Waals surface area contributed by atoms with Gasteiger partial charge in [0.05, 0.1) is 16.8 Å². The van der Waals surface area contributed by atoms with Crippen molar-refractivity contribution in [2.75, 3.05) is 6.54 Å². The summed E-state index contributed by atoms with van der Waals surface area (Å²) in [4.78, 5) is 63.2. The van der Waals surface area contributed by atoms with Crippen LogP contribution < -0.4 is 0 Å². The topological polar surface area (TPSA) is 118 Å². The molecule has 1 aliphatic heterocycles. The molecule has 0 radical (unpaired) electrons. The molecule has 1 saturated heterocycles. The zero-order valence-electron chi connectivity index (χ0n) is 17.2. The Bertz CT molecular complexity index is 1170. The van der Waals surface area contributed by atoms with Crippen LogP contribution in [0.25, 0.3) is 0 Å². The monoisotopic (exact) mass is 451 g/mol. The number of fused-ring (bicyclic) bond motifs is 1. The molecule has 2 aromatic rings. The second-order valence-electron chi connectivity index (χ2n) is 7.71. The smallest absolute Gasteiger partial charge is 0.282 e. The fourth-order valence-electron chi connectivity index (χ4n) is 4.07. The molecule has 0 bridgehead atoms. The van der Waals surface area contributed by atoms with Gasteiger partial charge in [0.2, 0.25) is 0 Å². The Balaban J connectivity index is 1.74. The number of hydrazine groups is 1. The minimum atomic E-state index is -1.04. The number of halogens is 1. The van der Waals surface area contributed by atoms with Crippen LogP contribution in [-0.4, -0.2) is 45.0 Å². The molecule has 10 heteroatoms. The molecule has 0 aromatic heterocycles. The molecular weight excluding hydrogens is 433 g/mol. The highest BCUT2D eigenvalue weighted by molar-refractivity contribution is 6.10. The zero-order valence-corrected chi connectivity index (χ0v) is 17.2. The Hall–Kier alpha value is -4.21. The Kier molecular flexibility index (Phi) is 5.82. The van der Waals surface area contributed by atoms with Gasteiger partial charge in [-0.25, -0.2) is 9.40 Å². The molecule has 0 N–H and O–H groups in total. The van der Waals surface area contributed by atoms with E-state index in [-0.39, 0.29) is 11.1 Å². The minimum Gasteiger partial charge on any atom is -0.292 e. The molecule has 2 aliphatic rings. The largest absolute Gasteiger partial charge is 0.292 e. The van der Waals surface area contributed by atoms with Gasteiger partial charge in [-0.15, -0.1) is 0 Å². The number of carbonyl (C=O) groups is 4. The average molecular weight is 451 g/mol. The first-order valence-electron chi connectivity index (χ1n) is 10.2. The predicted octanol–water partition coefficient (Wildman–Crippen LogP) is 2.93. The van der Waals surface area contributed by atoms with E-state index in [1.54, 1.807) is 12.2 Å². The summed E-state index contributed by atoms with van der Waals surface area (Å²) in [5.74, 6) is -4.92. The fraction of sp³-hybridized carbons (Fsp3) is 0.217. The summed E-state index contributed by atoms with van der Waals surface area (Å²) in [6, 6.07) is 9.62. The number of nitro groups is 1. The van der Waals surface area contributed by atoms with Crippen LogP contribution in [0, 0.1) is 27.8 Å². The standard InChI is InChI=1S/C23H18FN3O6/c24-15-11-9-14(10-12-15)20(28)13-25(21(29)18-7-3-4-8-19(18)27(32)33)26-22(30)16-5-1-2-6-17(16)23(26)31/h1-4,7-12,16-17H,5-6,13H2/t16-,17-/m0/s1. The minimum absolute atomic E-state index is 0.0509. The Morgan fingerprint density at radius 1 is 1.00 bits per heavy atom. The lowest BCUT2D eigenvalue weighted by Gasteiger charge is -2.30. The molecule has 1 heterocycles. The van der Waals surface area contributed by atoms with Crippen molar-refractivity contribution < 1.29 is 28.5 Å². The highest BCUT2D eigenvalue weighted by Crippen LogP contribution is 2.36. The second kappa shape index (κ2) is 8.73. The lowest BCUT2D eigenvalue weighted by atomic mass is 9.85. The maximum atomic E-state index is 13.4. The molecule has 33 heavy (non-hydrogen) atoms. The third-order valence-corrected chi connectivity index (χ3v) is 5.75. The molecule has 4 rings (SSSR count). The van der Waals surface area contributed by atoms with Crippen molar-refractivity contribution in [1.29, 1.82) is 0 Å². The highest BCUT2D eigenvalue weighted by atomic mass is 19.1. The van der Waals surface area contributed by atoms with Crippen molar-refractivity contribution in [3.8, 4) is 0 Å². The third kappa shape index (κ3) is 4.02. The van der Waals surface area contributed by atoms with E-state index in [2.05, 4.69) is 0 Å². The van der Waals surface area contributed by atoms with Crippen LogP contribution >= 0.6 is 0 Å². The molecule has 0 saturated carbocycles. The van der Waals surface area contributed by atoms with Crippen LogP contribution in [0.1, 0.15) is 33.6 Å². The zero-order chi connectivity index (χ0) is 23.7. The van der Waals surface area contributed by atoms with Gasteiger partial charge in [-0.05, 0) is 43.2 Å². The number of ketones is 1. The van der Waals surface area contributed by atoms with Crippen molar-refractivity contribution in [3.05, 3.63) is 87.7 Å². The van der Waals surface area contributed by atoms with Gasteiger partial charge in [-0.3, -0.25) is 29.3 Å². The van der Waals surface area contributed by atoms with Crippen molar-refractivity contribution in [3.63, 3.8) is 0 Å². The molecule has 3 amide bonds. The summed E-state index contributed by atoms with van der Waals surface area (Å²) < 4.78 is 13.3. The number of hydrogen-bond acceptors (Lipinski definition) is 6. The van der Waals surface area contributed by atoms with E-state index in [9.17, 15) is 33.7 Å². The molecule has 0 unspecified atom stereocenters. The van der Waals surface area contributed by atoms with Crippen LogP contribution in [-0.2, 0) is 9.59 Å². The molecule has 0 spiro atoms. The summed E-state index contributed by atoms with van der Waals surface area (Å²) in [7, 11) is 0. The van der Waals surface area contributed by atoms with Crippen molar-refractivity contribution in [2.45, 2.75) is 12.8 Å². The van der Waals surface area contributed by atoms with Gasteiger partial charge in [-0.1, -0.05) is 24.3 Å². The van der Waals surface area contributed by atoms with E-state index >= 15 is 0 Å². The fourth-order valence-corrected chi connectivity index (χ4v) is 4.07. The first-order valence-corrected chi connectivity index (χ1v) is 10.2. The Morgan fingerprint density at radius 2 is 1.58 bits per heavy atom. The van der Waals surface area contributed by atoms with Gasteiger partial charge in [0.1, 0.15) is 17.9 Å². The lowest BCUT2D eigenvalue weighted by Crippen LogP contribution is -2.52. The number of para-hydroxylation sites is 1. The van der Waals surface area contributed by atoms with Crippen LogP contribution in [0.15, 0.2) is 60.7 Å². The van der Waals surface area contributed by atoms with Gasteiger partial charge >= 0.3 is 0 Å². The number of imide groups is 1. The summed E-state index contributed by atoms with van der Waals surface area (Å²) >= 11 is 0. The molecule has 1 fully saturated rings. The summed E-state index contributed by atoms with van der Waals surface area (Å²) in [5, 5.41) is 12.8. The highest BCUT2D eigenvalue weighted by Gasteiger charge is 2.51. The number of hydrogen-bond donors (Lipinski definition) is 0. The number of rotatable bonds is 6. The number of nitro benzene ring substituents is 1. The molecule has 9 nitrogen and oxygen atoms in total. The van der Waals surface area contributed by atoms with Crippen molar-refractivity contribution in [1.82, 2.24) is 10.0 Å². The van der Waals surface area contributed by atoms with Crippen LogP contribution in [0.3, 0.4) is 0 Å². The van der Waals surface area contributed by atoms with E-state index in [1.165, 1.54) is 30.3 Å². The summed E-state index contributed by atoms with van der Waals surface area (Å²) in [6.07, 6.45) is 4.16. The molecule has 168 valence electrons. The lowest BCUT2D eigenvalue weighted by molar-refractivity contribution is -0.385. The van der Waals surface area contributed by atoms with Gasteiger partial charge in [0.25, 0.3) is 23.4 Å². The number of Topliss-reactive ketones (excluding diaryl/α,β-unsaturated/α-hetero) is 1. The predicted molar refractivity (Wildman–Crippen MR) is 112 cm³/mol. The van der Waals surface area contributed by atoms with E-state index < -0.39 is 58.3 Å². The summed E-state index contributed by atoms with van der Waals surface area (Å²) in [6.45, 7) is -0.735. The summed E-state index contributed by atoms with van der Waals surface area (Å²) in [5.41, 5.74) is -0.849. The Morgan fingerprint density at radius 3 is 2.15 bits per heavy atom. The van der Waals surface area contributed by atoms with Crippen LogP contribution in [0.5, 0.6) is 0 Å². The SMILES string of the molecule is O=C(CN(C(=O)c1ccccc1[N+](=O)[O-])N1C(=O)[C@H]2CC=CC[C@@H]2C1=O)c1ccc(F)cc1. The van der Waals surface area contributed by atoms with E-state index in [4.69, 9.17) is 0 Å². The third-order valence-electron chi connectivity index (χ3n) is 5.75. The molecule has 2 aromatic carbocycles. The number of carbonyl (C=O) groups excluding carboxylic acids is 4. The number of benzene rings is 2. The normalized spacial score (nSPS) is 19.4. The van der Waals surface area contributed by atoms with E-state index in [1.807, 2.05) is 0 Å². The number of allylic oxidation sites excluding steroid dienone is 2. The van der Waals surface area contributed by atoms with Crippen LogP contribution in [0.2, 0.25) is 0 Å². The van der Waals surface area contributed by atoms with E-state index in [0.717, 1.165) is 18.2 Å². The second-order valence-corrected chi connectivity index (χ2v) is 7.71. The average Bonchev–Trinajstić information content (AvgIpc) is 3.07. The maximum Gasteiger partial charge on any atom is 0.282 e. The van der Waals surface area contributed by atoms with Gasteiger partial charge < -0.3 is 0 Å².